The molecule has 0 unspecified atom stereocenters. The van der Waals surface area contributed by atoms with Gasteiger partial charge in [-0.25, -0.2) is 30.4 Å². The summed E-state index contributed by atoms with van der Waals surface area (Å²) in [5.74, 6) is -2.93. The molecule has 3 rings (SSSR count). The number of alkyl halides is 4. The van der Waals surface area contributed by atoms with Crippen molar-refractivity contribution < 1.29 is 39.8 Å². The predicted molar refractivity (Wildman–Crippen MR) is 101 cm³/mol. The average molecular weight is 486 g/mol. The summed E-state index contributed by atoms with van der Waals surface area (Å²) < 4.78 is 102. The van der Waals surface area contributed by atoms with Crippen LogP contribution in [0.2, 0.25) is 5.02 Å². The molecule has 31 heavy (non-hydrogen) atoms. The van der Waals surface area contributed by atoms with Crippen LogP contribution >= 0.6 is 11.6 Å². The van der Waals surface area contributed by atoms with Crippen molar-refractivity contribution in [2.75, 3.05) is 18.4 Å². The van der Waals surface area contributed by atoms with E-state index in [4.69, 9.17) is 21.1 Å². The molecule has 0 radical (unpaired) electrons. The smallest absolute Gasteiger partial charge is 0.272 e. The van der Waals surface area contributed by atoms with E-state index >= 15 is 0 Å². The SMILES string of the molecule is COc1nc(NS(=O)(=O)c2c[nH]c3c(Cl)c(C(F)F)ccc23)c(F)cc1OCC(F)F. The van der Waals surface area contributed by atoms with Crippen LogP contribution in [0.5, 0.6) is 11.6 Å². The molecule has 0 spiro atoms. The zero-order valence-electron chi connectivity index (χ0n) is 15.4. The molecule has 7 nitrogen and oxygen atoms in total. The summed E-state index contributed by atoms with van der Waals surface area (Å²) in [6.45, 7) is -1.06. The highest BCUT2D eigenvalue weighted by molar-refractivity contribution is 7.93. The monoisotopic (exact) mass is 485 g/mol. The second-order valence-corrected chi connectivity index (χ2v) is 8.01. The molecule has 14 heteroatoms. The van der Waals surface area contributed by atoms with Gasteiger partial charge in [-0.3, -0.25) is 4.72 Å². The molecule has 2 aromatic heterocycles. The lowest BCUT2D eigenvalue weighted by molar-refractivity contribution is 0.0799. The van der Waals surface area contributed by atoms with E-state index in [0.29, 0.717) is 6.07 Å². The van der Waals surface area contributed by atoms with Crippen LogP contribution in [0.25, 0.3) is 10.9 Å². The van der Waals surface area contributed by atoms with E-state index in [1.165, 1.54) is 0 Å². The van der Waals surface area contributed by atoms with Gasteiger partial charge in [-0.15, -0.1) is 0 Å². The third-order valence-electron chi connectivity index (χ3n) is 4.01. The van der Waals surface area contributed by atoms with Gasteiger partial charge in [-0.2, -0.15) is 4.98 Å². The first kappa shape index (κ1) is 22.9. The molecular weight excluding hydrogens is 473 g/mol. The molecule has 0 aliphatic rings. The van der Waals surface area contributed by atoms with Gasteiger partial charge in [0.05, 0.1) is 17.6 Å². The molecule has 0 fully saturated rings. The first-order valence-electron chi connectivity index (χ1n) is 8.31. The zero-order valence-corrected chi connectivity index (χ0v) is 17.0. The van der Waals surface area contributed by atoms with Gasteiger partial charge in [-0.05, 0) is 0 Å². The summed E-state index contributed by atoms with van der Waals surface area (Å²) >= 11 is 5.91. The van der Waals surface area contributed by atoms with Gasteiger partial charge in [-0.1, -0.05) is 23.7 Å². The fraction of sp³-hybridized carbons (Fsp3) is 0.235. The Kier molecular flexibility index (Phi) is 6.46. The lowest BCUT2D eigenvalue weighted by Gasteiger charge is -2.13. The number of H-pyrrole nitrogens is 1. The number of fused-ring (bicyclic) bond motifs is 1. The number of nitrogens with one attached hydrogen (secondary N) is 2. The van der Waals surface area contributed by atoms with E-state index < -0.39 is 63.2 Å². The van der Waals surface area contributed by atoms with Gasteiger partial charge in [0.1, 0.15) is 11.5 Å². The Labute approximate surface area is 177 Å². The predicted octanol–water partition coefficient (Wildman–Crippen LogP) is 4.75. The van der Waals surface area contributed by atoms with Crippen molar-refractivity contribution >= 4 is 38.3 Å². The van der Waals surface area contributed by atoms with Crippen LogP contribution in [-0.4, -0.2) is 38.5 Å². The minimum absolute atomic E-state index is 0.0221. The fourth-order valence-electron chi connectivity index (χ4n) is 2.66. The number of hydrogen-bond donors (Lipinski definition) is 2. The van der Waals surface area contributed by atoms with E-state index in [1.807, 2.05) is 4.72 Å². The Morgan fingerprint density at radius 2 is 1.97 bits per heavy atom. The molecule has 2 N–H and O–H groups in total. The number of halogens is 6. The van der Waals surface area contributed by atoms with E-state index in [9.17, 15) is 30.4 Å². The topological polar surface area (TPSA) is 93.3 Å². The van der Waals surface area contributed by atoms with Crippen LogP contribution in [0.15, 0.2) is 29.3 Å². The van der Waals surface area contributed by atoms with Crippen LogP contribution in [0, 0.1) is 5.82 Å². The van der Waals surface area contributed by atoms with Crippen LogP contribution in [0.3, 0.4) is 0 Å². The number of aromatic nitrogens is 2. The summed E-state index contributed by atoms with van der Waals surface area (Å²) in [4.78, 5) is 5.70. The van der Waals surface area contributed by atoms with Gasteiger partial charge in [0.15, 0.2) is 17.4 Å². The van der Waals surface area contributed by atoms with Crippen molar-refractivity contribution in [3.05, 3.63) is 40.8 Å². The highest BCUT2D eigenvalue weighted by atomic mass is 35.5. The number of anilines is 1. The van der Waals surface area contributed by atoms with E-state index in [1.54, 1.807) is 0 Å². The number of sulfonamides is 1. The highest BCUT2D eigenvalue weighted by Gasteiger charge is 2.25. The van der Waals surface area contributed by atoms with Crippen molar-refractivity contribution in [2.24, 2.45) is 0 Å². The molecule has 0 saturated heterocycles. The molecule has 1 aromatic carbocycles. The van der Waals surface area contributed by atoms with Crippen LogP contribution in [0.1, 0.15) is 12.0 Å². The third-order valence-corrected chi connectivity index (χ3v) is 5.79. The molecule has 2 heterocycles. The number of aromatic amines is 1. The van der Waals surface area contributed by atoms with E-state index in [2.05, 4.69) is 9.97 Å². The van der Waals surface area contributed by atoms with E-state index in [0.717, 1.165) is 25.4 Å². The number of ether oxygens (including phenoxy) is 2. The fourth-order valence-corrected chi connectivity index (χ4v) is 4.14. The van der Waals surface area contributed by atoms with Gasteiger partial charge < -0.3 is 14.5 Å². The van der Waals surface area contributed by atoms with Crippen molar-refractivity contribution in [2.45, 2.75) is 17.7 Å². The summed E-state index contributed by atoms with van der Waals surface area (Å²) in [5, 5.41) is -0.383. The second kappa shape index (κ2) is 8.75. The summed E-state index contributed by atoms with van der Waals surface area (Å²) in [7, 11) is -3.39. The molecule has 0 atom stereocenters. The standard InChI is InChI=1S/C17H13ClF5N3O4S/c1-29-17-10(30-6-12(20)21)4-9(19)16(25-17)26-31(27,28)11-5-24-14-7(11)2-3-8(13(14)18)15(22)23/h2-5,12,15,24H,6H2,1H3,(H,25,26). The molecule has 0 saturated carbocycles. The second-order valence-electron chi connectivity index (χ2n) is 5.98. The van der Waals surface area contributed by atoms with E-state index in [-0.39, 0.29) is 15.9 Å². The van der Waals surface area contributed by atoms with Crippen molar-refractivity contribution in [1.82, 2.24) is 9.97 Å². The van der Waals surface area contributed by atoms with Crippen molar-refractivity contribution in [3.63, 3.8) is 0 Å². The molecular formula is C17H13ClF5N3O4S. The molecule has 3 aromatic rings. The number of pyridine rings is 1. The van der Waals surface area contributed by atoms with Gasteiger partial charge in [0, 0.05) is 23.2 Å². The number of methoxy groups -OCH3 is 1. The van der Waals surface area contributed by atoms with Gasteiger partial charge in [0.2, 0.25) is 0 Å². The third kappa shape index (κ3) is 4.61. The number of nitrogens with zero attached hydrogens (tertiary/aromatic N) is 1. The van der Waals surface area contributed by atoms with Crippen molar-refractivity contribution in [3.8, 4) is 11.6 Å². The maximum atomic E-state index is 14.4. The zero-order chi connectivity index (χ0) is 22.9. The number of benzene rings is 1. The Morgan fingerprint density at radius 3 is 2.58 bits per heavy atom. The average Bonchev–Trinajstić information content (AvgIpc) is 3.14. The largest absolute Gasteiger partial charge is 0.482 e. The Morgan fingerprint density at radius 1 is 1.26 bits per heavy atom. The lowest BCUT2D eigenvalue weighted by atomic mass is 10.1. The molecule has 168 valence electrons. The first-order chi connectivity index (χ1) is 14.5. The Bertz CT molecular complexity index is 1220. The Balaban J connectivity index is 1.98. The number of hydrogen-bond acceptors (Lipinski definition) is 5. The minimum atomic E-state index is -4.48. The summed E-state index contributed by atoms with van der Waals surface area (Å²) in [6.07, 6.45) is -4.73. The van der Waals surface area contributed by atoms with Crippen LogP contribution in [-0.2, 0) is 10.0 Å². The van der Waals surface area contributed by atoms with Crippen molar-refractivity contribution in [1.29, 1.82) is 0 Å². The van der Waals surface area contributed by atoms with Crippen LogP contribution in [0.4, 0.5) is 27.8 Å². The number of rotatable bonds is 8. The quantitative estimate of drug-likeness (QED) is 0.449. The Hall–Kier alpha value is -2.80. The summed E-state index contributed by atoms with van der Waals surface area (Å²) in [6, 6.07) is 2.73. The minimum Gasteiger partial charge on any atom is -0.482 e. The van der Waals surface area contributed by atoms with Gasteiger partial charge >= 0.3 is 0 Å². The maximum Gasteiger partial charge on any atom is 0.272 e. The lowest BCUT2D eigenvalue weighted by Crippen LogP contribution is -2.16. The first-order valence-corrected chi connectivity index (χ1v) is 10.2. The normalized spacial score (nSPS) is 12.0. The maximum absolute atomic E-state index is 14.4. The molecule has 0 amide bonds. The summed E-state index contributed by atoms with van der Waals surface area (Å²) in [5.41, 5.74) is -0.550. The molecule has 0 aliphatic heterocycles. The highest BCUT2D eigenvalue weighted by Crippen LogP contribution is 2.36. The molecule has 0 aliphatic carbocycles. The van der Waals surface area contributed by atoms with Crippen LogP contribution < -0.4 is 14.2 Å². The molecule has 0 bridgehead atoms. The van der Waals surface area contributed by atoms with Gasteiger partial charge in [0.25, 0.3) is 28.8 Å².